The van der Waals surface area contributed by atoms with Gasteiger partial charge in [-0.1, -0.05) is 12.1 Å². The Kier molecular flexibility index (Phi) is 5.41. The van der Waals surface area contributed by atoms with Crippen molar-refractivity contribution in [2.24, 2.45) is 0 Å². The van der Waals surface area contributed by atoms with Gasteiger partial charge in [-0.3, -0.25) is 4.79 Å². The van der Waals surface area contributed by atoms with Crippen molar-refractivity contribution >= 4 is 24.3 Å². The largest absolute Gasteiger partial charge is 0.478 e. The number of carbonyl (C=O) groups excluding carboxylic acids is 1. The minimum atomic E-state index is -1.09. The highest BCUT2D eigenvalue weighted by Crippen LogP contribution is 2.08. The van der Waals surface area contributed by atoms with E-state index >= 15 is 0 Å². The van der Waals surface area contributed by atoms with Crippen LogP contribution >= 0.6 is 12.4 Å². The quantitative estimate of drug-likeness (QED) is 0.827. The summed E-state index contributed by atoms with van der Waals surface area (Å²) in [6.07, 6.45) is 0. The molecule has 0 saturated carbocycles. The number of aromatic carboxylic acids is 1. The molecule has 0 aromatic heterocycles. The minimum Gasteiger partial charge on any atom is -0.478 e. The molecule has 1 aromatic carbocycles. The van der Waals surface area contributed by atoms with Crippen LogP contribution in [0.3, 0.4) is 0 Å². The van der Waals surface area contributed by atoms with Crippen molar-refractivity contribution in [2.75, 3.05) is 6.54 Å². The Bertz CT molecular complexity index is 365. The van der Waals surface area contributed by atoms with Crippen molar-refractivity contribution in [2.45, 2.75) is 6.92 Å². The Labute approximate surface area is 93.7 Å². The summed E-state index contributed by atoms with van der Waals surface area (Å²) in [7, 11) is 0. The molecule has 0 unspecified atom stereocenters. The fourth-order valence-electron chi connectivity index (χ4n) is 1.12. The molecule has 2 N–H and O–H groups in total. The van der Waals surface area contributed by atoms with Crippen LogP contribution in [0.5, 0.6) is 0 Å². The number of amides is 1. The smallest absolute Gasteiger partial charge is 0.336 e. The summed E-state index contributed by atoms with van der Waals surface area (Å²) in [5, 5.41) is 11.4. The first-order valence-corrected chi connectivity index (χ1v) is 4.27. The molecule has 0 aliphatic heterocycles. The van der Waals surface area contributed by atoms with Crippen LogP contribution in [0.1, 0.15) is 27.6 Å². The lowest BCUT2D eigenvalue weighted by molar-refractivity contribution is 0.0691. The molecule has 15 heavy (non-hydrogen) atoms. The van der Waals surface area contributed by atoms with Gasteiger partial charge in [-0.05, 0) is 19.1 Å². The predicted octanol–water partition coefficient (Wildman–Crippen LogP) is 1.56. The number of halogens is 1. The number of carboxylic acids is 1. The van der Waals surface area contributed by atoms with Gasteiger partial charge < -0.3 is 10.4 Å². The SMILES string of the molecule is CCNC(=O)c1ccccc1C(=O)O.Cl. The summed E-state index contributed by atoms with van der Waals surface area (Å²) in [4.78, 5) is 22.1. The van der Waals surface area contributed by atoms with E-state index in [4.69, 9.17) is 5.11 Å². The van der Waals surface area contributed by atoms with Gasteiger partial charge in [0.1, 0.15) is 0 Å². The highest BCUT2D eigenvalue weighted by molar-refractivity contribution is 6.04. The molecule has 5 heteroatoms. The first kappa shape index (κ1) is 13.4. The second-order valence-electron chi connectivity index (χ2n) is 2.71. The first-order chi connectivity index (χ1) is 6.66. The van der Waals surface area contributed by atoms with Gasteiger partial charge in [0.15, 0.2) is 0 Å². The zero-order valence-electron chi connectivity index (χ0n) is 8.19. The Balaban J connectivity index is 0.00000196. The Morgan fingerprint density at radius 2 is 1.80 bits per heavy atom. The average molecular weight is 230 g/mol. The molecule has 0 saturated heterocycles. The van der Waals surface area contributed by atoms with E-state index in [0.29, 0.717) is 6.54 Å². The second kappa shape index (κ2) is 6.03. The van der Waals surface area contributed by atoms with Crippen molar-refractivity contribution in [3.05, 3.63) is 35.4 Å². The second-order valence-corrected chi connectivity index (χ2v) is 2.71. The number of benzene rings is 1. The van der Waals surface area contributed by atoms with Crippen LogP contribution in [0.2, 0.25) is 0 Å². The summed E-state index contributed by atoms with van der Waals surface area (Å²) in [6, 6.07) is 6.13. The van der Waals surface area contributed by atoms with E-state index in [0.717, 1.165) is 0 Å². The zero-order valence-corrected chi connectivity index (χ0v) is 9.00. The summed E-state index contributed by atoms with van der Waals surface area (Å²) >= 11 is 0. The number of hydrogen-bond donors (Lipinski definition) is 2. The molecular weight excluding hydrogens is 218 g/mol. The summed E-state index contributed by atoms with van der Waals surface area (Å²) in [5.74, 6) is -1.45. The minimum absolute atomic E-state index is 0. The Hall–Kier alpha value is -1.55. The van der Waals surface area contributed by atoms with Gasteiger partial charge >= 0.3 is 5.97 Å². The molecule has 1 amide bonds. The van der Waals surface area contributed by atoms with Crippen LogP contribution in [0.4, 0.5) is 0 Å². The van der Waals surface area contributed by atoms with Crippen LogP contribution in [0.15, 0.2) is 24.3 Å². The number of carbonyl (C=O) groups is 2. The van der Waals surface area contributed by atoms with Crippen molar-refractivity contribution in [3.8, 4) is 0 Å². The lowest BCUT2D eigenvalue weighted by Crippen LogP contribution is -2.24. The Morgan fingerprint density at radius 3 is 2.27 bits per heavy atom. The van der Waals surface area contributed by atoms with Gasteiger partial charge in [-0.2, -0.15) is 0 Å². The molecule has 0 bridgehead atoms. The van der Waals surface area contributed by atoms with Gasteiger partial charge in [-0.25, -0.2) is 4.79 Å². The highest BCUT2D eigenvalue weighted by Gasteiger charge is 2.14. The molecule has 0 aliphatic rings. The van der Waals surface area contributed by atoms with E-state index in [1.807, 2.05) is 0 Å². The molecule has 4 nitrogen and oxygen atoms in total. The molecule has 0 radical (unpaired) electrons. The standard InChI is InChI=1S/C10H11NO3.ClH/c1-2-11-9(12)7-5-3-4-6-8(7)10(13)14;/h3-6H,2H2,1H3,(H,11,12)(H,13,14);1H. The maximum absolute atomic E-state index is 11.4. The third-order valence-electron chi connectivity index (χ3n) is 1.74. The number of rotatable bonds is 3. The van der Waals surface area contributed by atoms with Crippen molar-refractivity contribution < 1.29 is 14.7 Å². The van der Waals surface area contributed by atoms with E-state index in [2.05, 4.69) is 5.32 Å². The van der Waals surface area contributed by atoms with Crippen molar-refractivity contribution in [1.29, 1.82) is 0 Å². The zero-order chi connectivity index (χ0) is 10.6. The Morgan fingerprint density at radius 1 is 1.27 bits per heavy atom. The van der Waals surface area contributed by atoms with E-state index in [-0.39, 0.29) is 29.4 Å². The average Bonchev–Trinajstić information content (AvgIpc) is 2.18. The third-order valence-corrected chi connectivity index (χ3v) is 1.74. The van der Waals surface area contributed by atoms with Gasteiger partial charge in [0, 0.05) is 6.54 Å². The monoisotopic (exact) mass is 229 g/mol. The molecule has 0 aliphatic carbocycles. The van der Waals surface area contributed by atoms with Gasteiger partial charge in [0.05, 0.1) is 11.1 Å². The van der Waals surface area contributed by atoms with Crippen LogP contribution < -0.4 is 5.32 Å². The number of hydrogen-bond acceptors (Lipinski definition) is 2. The van der Waals surface area contributed by atoms with Crippen LogP contribution in [-0.2, 0) is 0 Å². The maximum atomic E-state index is 11.4. The molecule has 1 rings (SSSR count). The molecule has 0 atom stereocenters. The lowest BCUT2D eigenvalue weighted by Gasteiger charge is -2.04. The highest BCUT2D eigenvalue weighted by atomic mass is 35.5. The molecule has 1 aromatic rings. The summed E-state index contributed by atoms with van der Waals surface area (Å²) in [6.45, 7) is 2.26. The van der Waals surface area contributed by atoms with Crippen LogP contribution in [0, 0.1) is 0 Å². The lowest BCUT2D eigenvalue weighted by atomic mass is 10.1. The fraction of sp³-hybridized carbons (Fsp3) is 0.200. The van der Waals surface area contributed by atoms with Crippen LogP contribution in [0.25, 0.3) is 0 Å². The summed E-state index contributed by atoms with van der Waals surface area (Å²) in [5.41, 5.74) is 0.223. The molecule has 0 fully saturated rings. The van der Waals surface area contributed by atoms with Crippen LogP contribution in [-0.4, -0.2) is 23.5 Å². The first-order valence-electron chi connectivity index (χ1n) is 4.27. The fourth-order valence-corrected chi connectivity index (χ4v) is 1.12. The van der Waals surface area contributed by atoms with E-state index in [1.165, 1.54) is 12.1 Å². The van der Waals surface area contributed by atoms with Gasteiger partial charge in [0.2, 0.25) is 0 Å². The predicted molar refractivity (Wildman–Crippen MR) is 58.7 cm³/mol. The third kappa shape index (κ3) is 3.25. The molecule has 0 spiro atoms. The summed E-state index contributed by atoms with van der Waals surface area (Å²) < 4.78 is 0. The number of nitrogens with one attached hydrogen (secondary N) is 1. The molecular formula is C10H12ClNO3. The topological polar surface area (TPSA) is 66.4 Å². The molecule has 0 heterocycles. The van der Waals surface area contributed by atoms with Crippen molar-refractivity contribution in [3.63, 3.8) is 0 Å². The van der Waals surface area contributed by atoms with Gasteiger partial charge in [-0.15, -0.1) is 12.4 Å². The van der Waals surface area contributed by atoms with E-state index < -0.39 is 5.97 Å². The van der Waals surface area contributed by atoms with E-state index in [1.54, 1.807) is 19.1 Å². The molecule has 82 valence electrons. The number of carboxylic acid groups (broad SMARTS) is 1. The van der Waals surface area contributed by atoms with E-state index in [9.17, 15) is 9.59 Å². The van der Waals surface area contributed by atoms with Gasteiger partial charge in [0.25, 0.3) is 5.91 Å². The normalized spacial score (nSPS) is 8.87. The van der Waals surface area contributed by atoms with Crippen molar-refractivity contribution in [1.82, 2.24) is 5.32 Å². The maximum Gasteiger partial charge on any atom is 0.336 e.